The average Bonchev–Trinajstić information content (AvgIpc) is 2.46. The monoisotopic (exact) mass is 304 g/mol. The summed E-state index contributed by atoms with van der Waals surface area (Å²) in [6, 6.07) is 11.4. The van der Waals surface area contributed by atoms with Gasteiger partial charge in [-0.2, -0.15) is 0 Å². The van der Waals surface area contributed by atoms with E-state index in [1.807, 2.05) is 6.07 Å². The van der Waals surface area contributed by atoms with Gasteiger partial charge in [-0.05, 0) is 36.2 Å². The molecule has 21 heavy (non-hydrogen) atoms. The summed E-state index contributed by atoms with van der Waals surface area (Å²) < 4.78 is 0. The van der Waals surface area contributed by atoms with Crippen LogP contribution in [0.1, 0.15) is 21.5 Å². The number of anilines is 1. The van der Waals surface area contributed by atoms with E-state index in [0.29, 0.717) is 17.1 Å². The Balaban J connectivity index is 2.25. The van der Waals surface area contributed by atoms with Crippen molar-refractivity contribution in [3.05, 3.63) is 69.3 Å². The Kier molecular flexibility index (Phi) is 4.55. The zero-order chi connectivity index (χ0) is 15.4. The van der Waals surface area contributed by atoms with Crippen LogP contribution in [0.3, 0.4) is 0 Å². The number of aryl methyl sites for hydroxylation is 1. The summed E-state index contributed by atoms with van der Waals surface area (Å²) in [5.74, 6) is -0.0480. The second-order valence-corrected chi connectivity index (χ2v) is 4.87. The first-order chi connectivity index (χ1) is 9.99. The number of carbonyl (C=O) groups is 1. The van der Waals surface area contributed by atoms with Gasteiger partial charge in [0.15, 0.2) is 0 Å². The summed E-state index contributed by atoms with van der Waals surface area (Å²) >= 11 is 5.74. The summed E-state index contributed by atoms with van der Waals surface area (Å²) in [6.07, 6.45) is 0. The van der Waals surface area contributed by atoms with Gasteiger partial charge in [-0.15, -0.1) is 11.6 Å². The lowest BCUT2D eigenvalue weighted by atomic mass is 10.1. The molecule has 0 aliphatic heterocycles. The number of non-ortho nitro benzene ring substituents is 1. The Bertz CT molecular complexity index is 701. The highest BCUT2D eigenvalue weighted by Crippen LogP contribution is 2.19. The van der Waals surface area contributed by atoms with Gasteiger partial charge in [-0.1, -0.05) is 12.1 Å². The molecule has 1 N–H and O–H groups in total. The van der Waals surface area contributed by atoms with Crippen molar-refractivity contribution in [3.63, 3.8) is 0 Å². The van der Waals surface area contributed by atoms with Crippen molar-refractivity contribution in [2.75, 3.05) is 5.32 Å². The van der Waals surface area contributed by atoms with Crippen LogP contribution in [-0.2, 0) is 5.88 Å². The molecule has 2 rings (SSSR count). The Morgan fingerprint density at radius 3 is 2.71 bits per heavy atom. The predicted octanol–water partition coefficient (Wildman–Crippen LogP) is 3.89. The van der Waals surface area contributed by atoms with Crippen LogP contribution in [-0.4, -0.2) is 10.8 Å². The quantitative estimate of drug-likeness (QED) is 0.529. The van der Waals surface area contributed by atoms with Crippen molar-refractivity contribution in [2.24, 2.45) is 0 Å². The smallest absolute Gasteiger partial charge is 0.270 e. The summed E-state index contributed by atoms with van der Waals surface area (Å²) in [5.41, 5.74) is 2.28. The van der Waals surface area contributed by atoms with E-state index in [1.54, 1.807) is 31.2 Å². The minimum Gasteiger partial charge on any atom is -0.322 e. The van der Waals surface area contributed by atoms with Gasteiger partial charge in [0.1, 0.15) is 0 Å². The molecule has 0 atom stereocenters. The molecule has 5 nitrogen and oxygen atoms in total. The Morgan fingerprint density at radius 1 is 1.29 bits per heavy atom. The maximum absolute atomic E-state index is 12.2. The van der Waals surface area contributed by atoms with E-state index in [9.17, 15) is 14.9 Å². The number of nitro groups is 1. The van der Waals surface area contributed by atoms with Crippen molar-refractivity contribution in [1.82, 2.24) is 0 Å². The Morgan fingerprint density at radius 2 is 2.05 bits per heavy atom. The number of rotatable bonds is 4. The van der Waals surface area contributed by atoms with E-state index in [1.165, 1.54) is 12.1 Å². The molecule has 6 heteroatoms. The minimum atomic E-state index is -0.516. The number of alkyl halides is 1. The second-order valence-electron chi connectivity index (χ2n) is 4.60. The molecule has 0 spiro atoms. The standard InChI is InChI=1S/C15H13ClN2O3/c1-10-5-12(8-14(6-10)18(20)21)15(19)17-13-4-2-3-11(7-13)9-16/h2-8H,9H2,1H3,(H,17,19). The predicted molar refractivity (Wildman–Crippen MR) is 81.8 cm³/mol. The van der Waals surface area contributed by atoms with E-state index < -0.39 is 10.8 Å². The summed E-state index contributed by atoms with van der Waals surface area (Å²) in [7, 11) is 0. The number of halogens is 1. The number of nitro benzene ring substituents is 1. The van der Waals surface area contributed by atoms with Crippen LogP contribution in [0.2, 0.25) is 0 Å². The molecule has 108 valence electrons. The van der Waals surface area contributed by atoms with E-state index in [4.69, 9.17) is 11.6 Å². The van der Waals surface area contributed by atoms with Gasteiger partial charge in [-0.25, -0.2) is 0 Å². The lowest BCUT2D eigenvalue weighted by Crippen LogP contribution is -2.12. The topological polar surface area (TPSA) is 72.2 Å². The zero-order valence-electron chi connectivity index (χ0n) is 11.3. The van der Waals surface area contributed by atoms with Gasteiger partial charge in [0.25, 0.3) is 11.6 Å². The molecule has 2 aromatic rings. The fourth-order valence-electron chi connectivity index (χ4n) is 1.93. The molecule has 0 heterocycles. The van der Waals surface area contributed by atoms with E-state index in [-0.39, 0.29) is 11.3 Å². The first kappa shape index (κ1) is 15.0. The molecule has 0 fully saturated rings. The van der Waals surface area contributed by atoms with Crippen LogP contribution in [0.4, 0.5) is 11.4 Å². The number of hydrogen-bond acceptors (Lipinski definition) is 3. The van der Waals surface area contributed by atoms with Crippen LogP contribution < -0.4 is 5.32 Å². The highest BCUT2D eigenvalue weighted by atomic mass is 35.5. The van der Waals surface area contributed by atoms with E-state index in [0.717, 1.165) is 5.56 Å². The number of benzene rings is 2. The number of carbonyl (C=O) groups excluding carboxylic acids is 1. The average molecular weight is 305 g/mol. The zero-order valence-corrected chi connectivity index (χ0v) is 12.1. The Hall–Kier alpha value is -2.40. The van der Waals surface area contributed by atoms with Crippen LogP contribution in [0, 0.1) is 17.0 Å². The van der Waals surface area contributed by atoms with E-state index >= 15 is 0 Å². The summed E-state index contributed by atoms with van der Waals surface area (Å²) in [4.78, 5) is 22.5. The lowest BCUT2D eigenvalue weighted by Gasteiger charge is -2.07. The molecule has 0 saturated carbocycles. The van der Waals surface area contributed by atoms with Crippen molar-refractivity contribution < 1.29 is 9.72 Å². The van der Waals surface area contributed by atoms with Gasteiger partial charge < -0.3 is 5.32 Å². The van der Waals surface area contributed by atoms with Gasteiger partial charge >= 0.3 is 0 Å². The maximum atomic E-state index is 12.2. The largest absolute Gasteiger partial charge is 0.322 e. The third-order valence-corrected chi connectivity index (χ3v) is 3.18. The van der Waals surface area contributed by atoms with E-state index in [2.05, 4.69) is 5.32 Å². The van der Waals surface area contributed by atoms with Crippen molar-refractivity contribution in [2.45, 2.75) is 12.8 Å². The normalized spacial score (nSPS) is 10.2. The third-order valence-electron chi connectivity index (χ3n) is 2.87. The molecule has 0 aromatic heterocycles. The molecule has 0 unspecified atom stereocenters. The van der Waals surface area contributed by atoms with Gasteiger partial charge in [-0.3, -0.25) is 14.9 Å². The third kappa shape index (κ3) is 3.79. The molecule has 1 amide bonds. The Labute approximate surface area is 126 Å². The molecule has 2 aromatic carbocycles. The number of nitrogens with one attached hydrogen (secondary N) is 1. The summed E-state index contributed by atoms with van der Waals surface area (Å²) in [5, 5.41) is 13.5. The highest BCUT2D eigenvalue weighted by Gasteiger charge is 2.13. The van der Waals surface area contributed by atoms with Crippen LogP contribution >= 0.6 is 11.6 Å². The fourth-order valence-corrected chi connectivity index (χ4v) is 2.10. The van der Waals surface area contributed by atoms with Crippen LogP contribution in [0.25, 0.3) is 0 Å². The molecule has 0 saturated heterocycles. The molecule has 0 aliphatic carbocycles. The first-order valence-electron chi connectivity index (χ1n) is 6.22. The minimum absolute atomic E-state index is 0.102. The maximum Gasteiger partial charge on any atom is 0.270 e. The number of hydrogen-bond donors (Lipinski definition) is 1. The SMILES string of the molecule is Cc1cc(C(=O)Nc2cccc(CCl)c2)cc([N+](=O)[O-])c1. The van der Waals surface area contributed by atoms with Crippen molar-refractivity contribution in [1.29, 1.82) is 0 Å². The molecular weight excluding hydrogens is 292 g/mol. The van der Waals surface area contributed by atoms with Crippen LogP contribution in [0.15, 0.2) is 42.5 Å². The number of amides is 1. The fraction of sp³-hybridized carbons (Fsp3) is 0.133. The molecular formula is C15H13ClN2O3. The van der Waals surface area contributed by atoms with Crippen molar-refractivity contribution in [3.8, 4) is 0 Å². The van der Waals surface area contributed by atoms with Gasteiger partial charge in [0.05, 0.1) is 4.92 Å². The van der Waals surface area contributed by atoms with Crippen molar-refractivity contribution >= 4 is 28.9 Å². The molecule has 0 aliphatic rings. The van der Waals surface area contributed by atoms with Crippen LogP contribution in [0.5, 0.6) is 0 Å². The second kappa shape index (κ2) is 6.37. The van der Waals surface area contributed by atoms with Gasteiger partial charge in [0, 0.05) is 29.3 Å². The summed E-state index contributed by atoms with van der Waals surface area (Å²) in [6.45, 7) is 1.71. The molecule has 0 radical (unpaired) electrons. The number of nitrogens with zero attached hydrogens (tertiary/aromatic N) is 1. The van der Waals surface area contributed by atoms with Gasteiger partial charge in [0.2, 0.25) is 0 Å². The highest BCUT2D eigenvalue weighted by molar-refractivity contribution is 6.17. The molecule has 0 bridgehead atoms. The lowest BCUT2D eigenvalue weighted by molar-refractivity contribution is -0.384. The first-order valence-corrected chi connectivity index (χ1v) is 6.75.